The van der Waals surface area contributed by atoms with E-state index in [2.05, 4.69) is 4.98 Å². The molecule has 7 heteroatoms. The number of methoxy groups -OCH3 is 1. The van der Waals surface area contributed by atoms with E-state index in [9.17, 15) is 14.4 Å². The lowest BCUT2D eigenvalue weighted by Crippen LogP contribution is -2.25. The Kier molecular flexibility index (Phi) is 6.44. The van der Waals surface area contributed by atoms with Crippen molar-refractivity contribution in [2.75, 3.05) is 13.7 Å². The number of nitrogens with one attached hydrogen (secondary N) is 1. The highest BCUT2D eigenvalue weighted by Gasteiger charge is 2.28. The predicted octanol–water partition coefficient (Wildman–Crippen LogP) is 4.40. The minimum Gasteiger partial charge on any atom is -0.496 e. The van der Waals surface area contributed by atoms with Crippen LogP contribution in [0.3, 0.4) is 0 Å². The molecule has 0 fully saturated rings. The highest BCUT2D eigenvalue weighted by Crippen LogP contribution is 2.27. The molecule has 31 heavy (non-hydrogen) atoms. The molecule has 1 aromatic heterocycles. The third-order valence-corrected chi connectivity index (χ3v) is 5.10. The standard InChI is InChI=1S/C24H25NO6/c1-6-30-24(28)20-13(2)21(25-14(20)3)22(26)15(4)31-23(27)18-11-16-9-7-8-10-17(16)12-19(18)29-5/h7-12,15,25H,6H2,1-5H3/t15-/m0/s1. The first-order valence-corrected chi connectivity index (χ1v) is 9.96. The van der Waals surface area contributed by atoms with Crippen LogP contribution in [0.2, 0.25) is 0 Å². The molecule has 0 bridgehead atoms. The van der Waals surface area contributed by atoms with E-state index in [0.717, 1.165) is 10.8 Å². The summed E-state index contributed by atoms with van der Waals surface area (Å²) in [5, 5.41) is 1.77. The number of fused-ring (bicyclic) bond motifs is 1. The molecular formula is C24H25NO6. The molecule has 1 N–H and O–H groups in total. The van der Waals surface area contributed by atoms with Gasteiger partial charge in [0.1, 0.15) is 11.3 Å². The van der Waals surface area contributed by atoms with Crippen molar-refractivity contribution >= 4 is 28.5 Å². The van der Waals surface area contributed by atoms with Gasteiger partial charge in [0, 0.05) is 5.69 Å². The normalized spacial score (nSPS) is 11.8. The Labute approximate surface area is 180 Å². The third-order valence-electron chi connectivity index (χ3n) is 5.10. The average molecular weight is 423 g/mol. The number of carbonyl (C=O) groups excluding carboxylic acids is 3. The van der Waals surface area contributed by atoms with Crippen molar-refractivity contribution in [1.82, 2.24) is 4.98 Å². The molecule has 0 aliphatic carbocycles. The highest BCUT2D eigenvalue weighted by atomic mass is 16.5. The third kappa shape index (κ3) is 4.30. The molecule has 0 unspecified atom stereocenters. The predicted molar refractivity (Wildman–Crippen MR) is 116 cm³/mol. The number of hydrogen-bond donors (Lipinski definition) is 1. The second kappa shape index (κ2) is 9.04. The summed E-state index contributed by atoms with van der Waals surface area (Å²) < 4.78 is 15.9. The second-order valence-electron chi connectivity index (χ2n) is 7.16. The van der Waals surface area contributed by atoms with Crippen LogP contribution in [0.4, 0.5) is 0 Å². The van der Waals surface area contributed by atoms with Crippen LogP contribution in [0.25, 0.3) is 10.8 Å². The van der Waals surface area contributed by atoms with E-state index >= 15 is 0 Å². The topological polar surface area (TPSA) is 94.7 Å². The van der Waals surface area contributed by atoms with Crippen LogP contribution < -0.4 is 4.74 Å². The first-order valence-electron chi connectivity index (χ1n) is 9.96. The van der Waals surface area contributed by atoms with Crippen molar-refractivity contribution in [2.24, 2.45) is 0 Å². The number of benzene rings is 2. The van der Waals surface area contributed by atoms with Gasteiger partial charge in [0.05, 0.1) is 25.0 Å². The summed E-state index contributed by atoms with van der Waals surface area (Å²) in [7, 11) is 1.47. The number of Topliss-reactive ketones (excluding diaryl/α,β-unsaturated/α-hetero) is 1. The molecule has 0 aliphatic heterocycles. The van der Waals surface area contributed by atoms with Crippen LogP contribution in [-0.2, 0) is 9.47 Å². The molecule has 0 amide bonds. The summed E-state index contributed by atoms with van der Waals surface area (Å²) in [6, 6.07) is 11.0. The van der Waals surface area contributed by atoms with Crippen LogP contribution in [0.1, 0.15) is 56.3 Å². The molecule has 1 atom stereocenters. The lowest BCUT2D eigenvalue weighted by molar-refractivity contribution is 0.0314. The Morgan fingerprint density at radius 2 is 1.68 bits per heavy atom. The molecule has 1 heterocycles. The number of hydrogen-bond acceptors (Lipinski definition) is 6. The first kappa shape index (κ1) is 22.1. The summed E-state index contributed by atoms with van der Waals surface area (Å²) in [5.41, 5.74) is 1.75. The molecule has 2 aromatic carbocycles. The monoisotopic (exact) mass is 423 g/mol. The van der Waals surface area contributed by atoms with E-state index in [1.165, 1.54) is 14.0 Å². The molecule has 0 spiro atoms. The van der Waals surface area contributed by atoms with Gasteiger partial charge in [-0.3, -0.25) is 4.79 Å². The van der Waals surface area contributed by atoms with Crippen molar-refractivity contribution < 1.29 is 28.6 Å². The maximum atomic E-state index is 13.0. The van der Waals surface area contributed by atoms with Crippen molar-refractivity contribution in [1.29, 1.82) is 0 Å². The number of esters is 2. The molecule has 7 nitrogen and oxygen atoms in total. The first-order chi connectivity index (χ1) is 14.8. The van der Waals surface area contributed by atoms with Crippen molar-refractivity contribution in [2.45, 2.75) is 33.8 Å². The molecular weight excluding hydrogens is 398 g/mol. The Bertz CT molecular complexity index is 1160. The minimum atomic E-state index is -1.07. The zero-order valence-corrected chi connectivity index (χ0v) is 18.2. The fourth-order valence-corrected chi connectivity index (χ4v) is 3.53. The van der Waals surface area contributed by atoms with E-state index in [4.69, 9.17) is 14.2 Å². The Morgan fingerprint density at radius 3 is 2.29 bits per heavy atom. The zero-order chi connectivity index (χ0) is 22.7. The number of aryl methyl sites for hydroxylation is 1. The van der Waals surface area contributed by atoms with Crippen molar-refractivity contribution in [3.8, 4) is 5.75 Å². The number of aromatic amines is 1. The van der Waals surface area contributed by atoms with Gasteiger partial charge in [-0.25, -0.2) is 9.59 Å². The van der Waals surface area contributed by atoms with Gasteiger partial charge in [0.2, 0.25) is 5.78 Å². The van der Waals surface area contributed by atoms with Gasteiger partial charge in [0.15, 0.2) is 6.10 Å². The van der Waals surface area contributed by atoms with Crippen LogP contribution in [0, 0.1) is 13.8 Å². The summed E-state index contributed by atoms with van der Waals surface area (Å²) in [6.45, 7) is 6.78. The minimum absolute atomic E-state index is 0.214. The number of ketones is 1. The van der Waals surface area contributed by atoms with Gasteiger partial charge in [-0.1, -0.05) is 24.3 Å². The van der Waals surface area contributed by atoms with Gasteiger partial charge >= 0.3 is 11.9 Å². The van der Waals surface area contributed by atoms with Crippen LogP contribution in [-0.4, -0.2) is 42.5 Å². The fraction of sp³-hybridized carbons (Fsp3) is 0.292. The van der Waals surface area contributed by atoms with Crippen LogP contribution >= 0.6 is 0 Å². The van der Waals surface area contributed by atoms with E-state index in [1.807, 2.05) is 24.3 Å². The number of H-pyrrole nitrogens is 1. The molecule has 162 valence electrons. The molecule has 3 rings (SSSR count). The van der Waals surface area contributed by atoms with Gasteiger partial charge in [-0.2, -0.15) is 0 Å². The average Bonchev–Trinajstić information content (AvgIpc) is 3.05. The van der Waals surface area contributed by atoms with E-state index in [0.29, 0.717) is 22.6 Å². The number of aromatic nitrogens is 1. The molecule has 0 radical (unpaired) electrons. The lowest BCUT2D eigenvalue weighted by atomic mass is 10.0. The maximum absolute atomic E-state index is 13.0. The molecule has 3 aromatic rings. The number of ether oxygens (including phenoxy) is 3. The summed E-state index contributed by atoms with van der Waals surface area (Å²) in [4.78, 5) is 40.9. The number of carbonyl (C=O) groups is 3. The van der Waals surface area contributed by atoms with Gasteiger partial charge in [-0.05, 0) is 56.2 Å². The Hall–Kier alpha value is -3.61. The van der Waals surface area contributed by atoms with E-state index in [1.54, 1.807) is 32.9 Å². The summed E-state index contributed by atoms with van der Waals surface area (Å²) >= 11 is 0. The van der Waals surface area contributed by atoms with Crippen molar-refractivity contribution in [3.63, 3.8) is 0 Å². The van der Waals surface area contributed by atoms with Crippen LogP contribution in [0.5, 0.6) is 5.75 Å². The van der Waals surface area contributed by atoms with Gasteiger partial charge in [-0.15, -0.1) is 0 Å². The van der Waals surface area contributed by atoms with Crippen LogP contribution in [0.15, 0.2) is 36.4 Å². The second-order valence-corrected chi connectivity index (χ2v) is 7.16. The van der Waals surface area contributed by atoms with E-state index in [-0.39, 0.29) is 17.9 Å². The summed E-state index contributed by atoms with van der Waals surface area (Å²) in [5.74, 6) is -1.25. The Morgan fingerprint density at radius 1 is 1.03 bits per heavy atom. The maximum Gasteiger partial charge on any atom is 0.342 e. The quantitative estimate of drug-likeness (QED) is 0.447. The number of rotatable bonds is 7. The van der Waals surface area contributed by atoms with Crippen molar-refractivity contribution in [3.05, 3.63) is 64.5 Å². The largest absolute Gasteiger partial charge is 0.496 e. The summed E-state index contributed by atoms with van der Waals surface area (Å²) in [6.07, 6.45) is -1.07. The van der Waals surface area contributed by atoms with Gasteiger partial charge < -0.3 is 19.2 Å². The fourth-order valence-electron chi connectivity index (χ4n) is 3.53. The smallest absolute Gasteiger partial charge is 0.342 e. The molecule has 0 aliphatic rings. The van der Waals surface area contributed by atoms with E-state index < -0.39 is 23.8 Å². The highest BCUT2D eigenvalue weighted by molar-refractivity contribution is 6.05. The SMILES string of the molecule is CCOC(=O)c1c(C)[nH]c(C(=O)[C@H](C)OC(=O)c2cc3ccccc3cc2OC)c1C. The molecule has 0 saturated carbocycles. The molecule has 0 saturated heterocycles. The lowest BCUT2D eigenvalue weighted by Gasteiger charge is -2.14. The Balaban J connectivity index is 1.85. The van der Waals surface area contributed by atoms with Gasteiger partial charge in [0.25, 0.3) is 0 Å². The zero-order valence-electron chi connectivity index (χ0n) is 18.2.